The molecule has 0 amide bonds. The third-order valence-corrected chi connectivity index (χ3v) is 7.66. The average Bonchev–Trinajstić information content (AvgIpc) is 3.36. The van der Waals surface area contributed by atoms with Gasteiger partial charge in [0.2, 0.25) is 0 Å². The van der Waals surface area contributed by atoms with Crippen molar-refractivity contribution >= 4 is 39.8 Å². The van der Waals surface area contributed by atoms with Crippen LogP contribution in [0.3, 0.4) is 0 Å². The molecule has 12 nitrogen and oxygen atoms in total. The third-order valence-electron chi connectivity index (χ3n) is 7.66. The van der Waals surface area contributed by atoms with Crippen LogP contribution in [0.15, 0.2) is 51.7 Å². The molecule has 1 aliphatic rings. The zero-order valence-corrected chi connectivity index (χ0v) is 25.9. The molecule has 0 radical (unpaired) electrons. The molecular weight excluding hydrogens is 598 g/mol. The Morgan fingerprint density at radius 1 is 0.717 bits per heavy atom. The first kappa shape index (κ1) is 30.3. The highest BCUT2D eigenvalue weighted by molar-refractivity contribution is 6.17. The number of fused-ring (bicyclic) bond motifs is 7. The number of carbonyl (C=O) groups is 3. The van der Waals surface area contributed by atoms with Crippen molar-refractivity contribution in [3.05, 3.63) is 58.4 Å². The van der Waals surface area contributed by atoms with Crippen LogP contribution in [0.25, 0.3) is 44.3 Å². The van der Waals surface area contributed by atoms with Crippen LogP contribution in [0.1, 0.15) is 26.3 Å². The molecule has 0 spiro atoms. The standard InChI is InChI=1S/C34H29NO11/c1-16(36)43-23-8-7-20(12-25(23)40-4)30-31-22-14-27(42-6)29(45-18(3)38)15-24(22)46-34(39)33(31)35-10-9-19-11-28(44-17(2)37)26(41-5)13-21(19)32(30)35/h7-8,11-15H,9-10H2,1-6H3. The second-order valence-electron chi connectivity index (χ2n) is 10.5. The lowest BCUT2D eigenvalue weighted by Gasteiger charge is -2.23. The minimum Gasteiger partial charge on any atom is -0.493 e. The molecule has 6 rings (SSSR count). The summed E-state index contributed by atoms with van der Waals surface area (Å²) in [6, 6.07) is 11.7. The van der Waals surface area contributed by atoms with Crippen LogP contribution in [0.4, 0.5) is 0 Å². The summed E-state index contributed by atoms with van der Waals surface area (Å²) < 4.78 is 40.6. The smallest absolute Gasteiger partial charge is 0.361 e. The van der Waals surface area contributed by atoms with Gasteiger partial charge >= 0.3 is 23.5 Å². The number of esters is 3. The lowest BCUT2D eigenvalue weighted by molar-refractivity contribution is -0.132. The number of carbonyl (C=O) groups excluding carboxylic acids is 3. The highest BCUT2D eigenvalue weighted by atomic mass is 16.6. The number of rotatable bonds is 7. The van der Waals surface area contributed by atoms with E-state index in [4.69, 9.17) is 32.8 Å². The van der Waals surface area contributed by atoms with Crippen molar-refractivity contribution in [3.63, 3.8) is 0 Å². The van der Waals surface area contributed by atoms with Gasteiger partial charge in [-0.2, -0.15) is 0 Å². The molecule has 2 aromatic heterocycles. The fraction of sp³-hybridized carbons (Fsp3) is 0.235. The minimum absolute atomic E-state index is 0.0935. The Labute approximate surface area is 261 Å². The molecule has 5 aromatic rings. The largest absolute Gasteiger partial charge is 0.493 e. The van der Waals surface area contributed by atoms with Crippen molar-refractivity contribution < 1.29 is 47.2 Å². The summed E-state index contributed by atoms with van der Waals surface area (Å²) >= 11 is 0. The Bertz CT molecular complexity index is 2160. The van der Waals surface area contributed by atoms with Crippen LogP contribution in [-0.4, -0.2) is 43.8 Å². The molecule has 0 atom stereocenters. The van der Waals surface area contributed by atoms with Crippen molar-refractivity contribution in [3.8, 4) is 56.9 Å². The summed E-state index contributed by atoms with van der Waals surface area (Å²) in [6.07, 6.45) is 0.505. The van der Waals surface area contributed by atoms with E-state index in [1.165, 1.54) is 48.2 Å². The van der Waals surface area contributed by atoms with Gasteiger partial charge in [0.05, 0.1) is 27.0 Å². The van der Waals surface area contributed by atoms with Gasteiger partial charge in [-0.1, -0.05) is 6.07 Å². The van der Waals surface area contributed by atoms with Gasteiger partial charge in [-0.15, -0.1) is 0 Å². The van der Waals surface area contributed by atoms with Crippen molar-refractivity contribution in [1.29, 1.82) is 0 Å². The molecule has 0 N–H and O–H groups in total. The number of aryl methyl sites for hydroxylation is 2. The summed E-state index contributed by atoms with van der Waals surface area (Å²) in [5.74, 6) is -0.106. The van der Waals surface area contributed by atoms with Gasteiger partial charge in [0.1, 0.15) is 11.1 Å². The SMILES string of the molecule is COc1cc(-c2c3n(c4c(=O)oc5cc(OC(C)=O)c(OC)cc5c24)CCc2cc(OC(C)=O)c(OC)cc2-3)ccc1OC(C)=O. The lowest BCUT2D eigenvalue weighted by Crippen LogP contribution is -2.15. The summed E-state index contributed by atoms with van der Waals surface area (Å²) in [5, 5.41) is 1.07. The van der Waals surface area contributed by atoms with Gasteiger partial charge in [-0.05, 0) is 47.9 Å². The van der Waals surface area contributed by atoms with Crippen molar-refractivity contribution in [1.82, 2.24) is 4.57 Å². The van der Waals surface area contributed by atoms with E-state index in [0.29, 0.717) is 57.6 Å². The van der Waals surface area contributed by atoms with Gasteiger partial charge in [0.15, 0.2) is 34.5 Å². The van der Waals surface area contributed by atoms with E-state index >= 15 is 0 Å². The molecular formula is C34H29NO11. The third kappa shape index (κ3) is 5.07. The Hall–Kier alpha value is -5.78. The van der Waals surface area contributed by atoms with Gasteiger partial charge in [-0.3, -0.25) is 14.4 Å². The van der Waals surface area contributed by atoms with Gasteiger partial charge in [-0.25, -0.2) is 4.79 Å². The fourth-order valence-electron chi connectivity index (χ4n) is 5.96. The summed E-state index contributed by atoms with van der Waals surface area (Å²) in [4.78, 5) is 49.3. The number of hydrogen-bond donors (Lipinski definition) is 0. The van der Waals surface area contributed by atoms with Crippen molar-refractivity contribution in [2.45, 2.75) is 33.7 Å². The highest BCUT2D eigenvalue weighted by Crippen LogP contribution is 2.50. The normalized spacial score (nSPS) is 11.9. The van der Waals surface area contributed by atoms with E-state index in [9.17, 15) is 19.2 Å². The van der Waals surface area contributed by atoms with Gasteiger partial charge in [0.25, 0.3) is 0 Å². The summed E-state index contributed by atoms with van der Waals surface area (Å²) in [7, 11) is 4.38. The Morgan fingerprint density at radius 2 is 1.30 bits per heavy atom. The summed E-state index contributed by atoms with van der Waals surface area (Å²) in [5.41, 5.74) is 3.42. The molecule has 3 heterocycles. The maximum absolute atomic E-state index is 13.8. The first-order valence-corrected chi connectivity index (χ1v) is 14.2. The first-order valence-electron chi connectivity index (χ1n) is 14.2. The maximum Gasteiger partial charge on any atom is 0.361 e. The fourth-order valence-corrected chi connectivity index (χ4v) is 5.96. The Morgan fingerprint density at radius 3 is 1.93 bits per heavy atom. The molecule has 0 aliphatic carbocycles. The van der Waals surface area contributed by atoms with E-state index in [1.54, 1.807) is 36.4 Å². The predicted octanol–water partition coefficient (Wildman–Crippen LogP) is 5.44. The molecule has 0 saturated carbocycles. The number of nitrogens with zero attached hydrogens (tertiary/aromatic N) is 1. The van der Waals surface area contributed by atoms with Crippen LogP contribution in [0.5, 0.6) is 34.5 Å². The Kier molecular flexibility index (Phi) is 7.64. The van der Waals surface area contributed by atoms with Crippen molar-refractivity contribution in [2.24, 2.45) is 0 Å². The predicted molar refractivity (Wildman–Crippen MR) is 166 cm³/mol. The van der Waals surface area contributed by atoms with Crippen LogP contribution in [0, 0.1) is 0 Å². The maximum atomic E-state index is 13.8. The van der Waals surface area contributed by atoms with Gasteiger partial charge < -0.3 is 37.4 Å². The van der Waals surface area contributed by atoms with Crippen LogP contribution in [0.2, 0.25) is 0 Å². The second kappa shape index (κ2) is 11.6. The second-order valence-corrected chi connectivity index (χ2v) is 10.5. The van der Waals surface area contributed by atoms with E-state index in [0.717, 1.165) is 11.1 Å². The molecule has 236 valence electrons. The van der Waals surface area contributed by atoms with Gasteiger partial charge in [0, 0.05) is 55.3 Å². The molecule has 0 saturated heterocycles. The summed E-state index contributed by atoms with van der Waals surface area (Å²) in [6.45, 7) is 4.26. The molecule has 12 heteroatoms. The topological polar surface area (TPSA) is 142 Å². The van der Waals surface area contributed by atoms with Crippen LogP contribution < -0.4 is 34.0 Å². The van der Waals surface area contributed by atoms with E-state index in [-0.39, 0.29) is 28.6 Å². The number of methoxy groups -OCH3 is 3. The number of aromatic nitrogens is 1. The van der Waals surface area contributed by atoms with Crippen LogP contribution in [-0.2, 0) is 27.3 Å². The zero-order valence-electron chi connectivity index (χ0n) is 25.9. The van der Waals surface area contributed by atoms with Crippen molar-refractivity contribution in [2.75, 3.05) is 21.3 Å². The minimum atomic E-state index is -0.607. The van der Waals surface area contributed by atoms with E-state index in [2.05, 4.69) is 0 Å². The number of ether oxygens (including phenoxy) is 6. The molecule has 3 aromatic carbocycles. The average molecular weight is 628 g/mol. The zero-order chi connectivity index (χ0) is 32.9. The van der Waals surface area contributed by atoms with E-state index < -0.39 is 23.5 Å². The van der Waals surface area contributed by atoms with E-state index in [1.807, 2.05) is 4.57 Å². The molecule has 0 bridgehead atoms. The molecule has 0 unspecified atom stereocenters. The lowest BCUT2D eigenvalue weighted by atomic mass is 9.91. The molecule has 46 heavy (non-hydrogen) atoms. The molecule has 0 fully saturated rings. The first-order chi connectivity index (χ1) is 22.0. The highest BCUT2D eigenvalue weighted by Gasteiger charge is 2.31. The monoisotopic (exact) mass is 627 g/mol. The Balaban J connectivity index is 1.76. The van der Waals surface area contributed by atoms with Crippen LogP contribution >= 0.6 is 0 Å². The molecule has 1 aliphatic heterocycles. The quantitative estimate of drug-likeness (QED) is 0.129. The number of hydrogen-bond acceptors (Lipinski definition) is 11. The number of benzene rings is 3.